The molecule has 0 saturated carbocycles. The summed E-state index contributed by atoms with van der Waals surface area (Å²) in [5.74, 6) is 1.08. The summed E-state index contributed by atoms with van der Waals surface area (Å²) in [6.07, 6.45) is 1.89. The highest BCUT2D eigenvalue weighted by molar-refractivity contribution is 7.80. The Kier molecular flexibility index (Phi) is 8.07. The Morgan fingerprint density at radius 1 is 1.02 bits per heavy atom. The highest BCUT2D eigenvalue weighted by Crippen LogP contribution is 2.41. The molecule has 5 rings (SSSR count). The number of hydrogen-bond donors (Lipinski definition) is 2. The first kappa shape index (κ1) is 26.9. The van der Waals surface area contributed by atoms with Gasteiger partial charge in [-0.15, -0.1) is 0 Å². The second-order valence-electron chi connectivity index (χ2n) is 9.06. The second-order valence-corrected chi connectivity index (χ2v) is 9.44. The van der Waals surface area contributed by atoms with Crippen LogP contribution in [0, 0.1) is 0 Å². The van der Waals surface area contributed by atoms with Crippen LogP contribution in [0.25, 0.3) is 11.3 Å². The zero-order valence-electron chi connectivity index (χ0n) is 22.0. The van der Waals surface area contributed by atoms with E-state index in [1.54, 1.807) is 37.6 Å². The molecule has 10 heteroatoms. The van der Waals surface area contributed by atoms with Crippen molar-refractivity contribution in [3.8, 4) is 17.1 Å². The van der Waals surface area contributed by atoms with E-state index in [0.717, 1.165) is 5.69 Å². The summed E-state index contributed by atoms with van der Waals surface area (Å²) >= 11 is 5.72. The first-order valence-corrected chi connectivity index (χ1v) is 13.1. The van der Waals surface area contributed by atoms with Crippen LogP contribution in [0.2, 0.25) is 0 Å². The van der Waals surface area contributed by atoms with Gasteiger partial charge in [-0.25, -0.2) is 4.79 Å². The van der Waals surface area contributed by atoms with Gasteiger partial charge in [-0.3, -0.25) is 9.78 Å². The quantitative estimate of drug-likeness (QED) is 0.214. The Morgan fingerprint density at radius 3 is 2.58 bits per heavy atom. The standard InChI is InChI=1S/C30H28N4O5S/c1-37-24-13-6-5-11-21(24)32-26(35)16-18-34-28(27(33-30(34)40)22-12-7-8-17-31-22)25-15-14-23(39-25)19-9-3-4-10-20(19)29(36)38-2/h3-15,17,27-28H,16,18H2,1-2H3,(H,32,35)(H,33,40)/t27-,28-/m1/s1. The number of hydrogen-bond acceptors (Lipinski definition) is 7. The maximum atomic E-state index is 12.9. The smallest absolute Gasteiger partial charge is 0.338 e. The molecule has 2 aromatic heterocycles. The lowest BCUT2D eigenvalue weighted by Crippen LogP contribution is -2.32. The minimum atomic E-state index is -0.452. The fraction of sp³-hybridized carbons (Fsp3) is 0.200. The largest absolute Gasteiger partial charge is 0.495 e. The highest BCUT2D eigenvalue weighted by atomic mass is 32.1. The molecular weight excluding hydrogens is 528 g/mol. The van der Waals surface area contributed by atoms with E-state index in [1.807, 2.05) is 59.5 Å². The molecule has 0 aliphatic carbocycles. The number of carbonyl (C=O) groups excluding carboxylic acids is 2. The first-order chi connectivity index (χ1) is 19.5. The van der Waals surface area contributed by atoms with Gasteiger partial charge < -0.3 is 29.4 Å². The van der Waals surface area contributed by atoms with Crippen LogP contribution >= 0.6 is 12.2 Å². The van der Waals surface area contributed by atoms with E-state index in [9.17, 15) is 9.59 Å². The van der Waals surface area contributed by atoms with Crippen LogP contribution in [-0.2, 0) is 9.53 Å². The van der Waals surface area contributed by atoms with Gasteiger partial charge in [-0.2, -0.15) is 0 Å². The Morgan fingerprint density at radius 2 is 1.80 bits per heavy atom. The number of rotatable bonds is 9. The molecule has 204 valence electrons. The van der Waals surface area contributed by atoms with Gasteiger partial charge in [0, 0.05) is 24.7 Å². The number of aromatic nitrogens is 1. The molecule has 1 aliphatic heterocycles. The van der Waals surface area contributed by atoms with Crippen molar-refractivity contribution < 1.29 is 23.5 Å². The lowest BCUT2D eigenvalue weighted by molar-refractivity contribution is -0.116. The number of ether oxygens (including phenoxy) is 2. The van der Waals surface area contributed by atoms with Crippen molar-refractivity contribution in [3.63, 3.8) is 0 Å². The predicted molar refractivity (Wildman–Crippen MR) is 154 cm³/mol. The summed E-state index contributed by atoms with van der Waals surface area (Å²) in [7, 11) is 2.90. The van der Waals surface area contributed by atoms with Gasteiger partial charge in [-0.05, 0) is 54.7 Å². The fourth-order valence-electron chi connectivity index (χ4n) is 4.78. The fourth-order valence-corrected chi connectivity index (χ4v) is 5.11. The van der Waals surface area contributed by atoms with E-state index in [2.05, 4.69) is 15.6 Å². The van der Waals surface area contributed by atoms with Crippen molar-refractivity contribution in [1.82, 2.24) is 15.2 Å². The molecule has 2 atom stereocenters. The van der Waals surface area contributed by atoms with Gasteiger partial charge in [0.1, 0.15) is 23.3 Å². The number of furan rings is 1. The molecular formula is C30H28N4O5S. The average Bonchev–Trinajstić information content (AvgIpc) is 3.60. The summed E-state index contributed by atoms with van der Waals surface area (Å²) in [4.78, 5) is 31.8. The average molecular weight is 557 g/mol. The van der Waals surface area contributed by atoms with E-state index < -0.39 is 5.97 Å². The van der Waals surface area contributed by atoms with Crippen LogP contribution in [0.3, 0.4) is 0 Å². The van der Waals surface area contributed by atoms with E-state index in [-0.39, 0.29) is 24.4 Å². The minimum Gasteiger partial charge on any atom is -0.495 e. The number of nitrogens with one attached hydrogen (secondary N) is 2. The maximum Gasteiger partial charge on any atom is 0.338 e. The first-order valence-electron chi connectivity index (χ1n) is 12.7. The molecule has 3 heterocycles. The van der Waals surface area contributed by atoms with Crippen molar-refractivity contribution >= 4 is 34.9 Å². The van der Waals surface area contributed by atoms with Crippen molar-refractivity contribution in [3.05, 3.63) is 102 Å². The summed E-state index contributed by atoms with van der Waals surface area (Å²) in [6, 6.07) is 23.0. The number of benzene rings is 2. The SMILES string of the molecule is COC(=O)c1ccccc1-c1ccc([C@@H]2[C@@H](c3ccccn3)NC(=S)N2CCC(=O)Nc2ccccc2OC)o1. The number of amides is 1. The number of pyridine rings is 1. The molecule has 0 radical (unpaired) electrons. The van der Waals surface area contributed by atoms with Crippen LogP contribution in [0.15, 0.2) is 89.5 Å². The summed E-state index contributed by atoms with van der Waals surface area (Å²) in [5.41, 5.74) is 2.40. The molecule has 0 unspecified atom stereocenters. The molecule has 40 heavy (non-hydrogen) atoms. The van der Waals surface area contributed by atoms with Crippen LogP contribution in [-0.4, -0.2) is 47.6 Å². The zero-order chi connectivity index (χ0) is 28.1. The van der Waals surface area contributed by atoms with E-state index in [4.69, 9.17) is 26.1 Å². The summed E-state index contributed by atoms with van der Waals surface area (Å²) in [6.45, 7) is 0.329. The topological polar surface area (TPSA) is 106 Å². The van der Waals surface area contributed by atoms with Gasteiger partial charge in [0.05, 0.1) is 37.2 Å². The molecule has 1 saturated heterocycles. The molecule has 2 aromatic carbocycles. The maximum absolute atomic E-state index is 12.9. The Labute approximate surface area is 237 Å². The molecule has 2 N–H and O–H groups in total. The summed E-state index contributed by atoms with van der Waals surface area (Å²) < 4.78 is 16.7. The lowest BCUT2D eigenvalue weighted by atomic mass is 10.0. The van der Waals surface area contributed by atoms with Crippen molar-refractivity contribution in [2.24, 2.45) is 0 Å². The highest BCUT2D eigenvalue weighted by Gasteiger charge is 2.41. The Balaban J connectivity index is 1.43. The number of para-hydroxylation sites is 2. The third-order valence-corrected chi connectivity index (χ3v) is 7.03. The third kappa shape index (κ3) is 5.52. The molecule has 4 aromatic rings. The third-order valence-electron chi connectivity index (χ3n) is 6.67. The number of esters is 1. The van der Waals surface area contributed by atoms with Gasteiger partial charge >= 0.3 is 5.97 Å². The van der Waals surface area contributed by atoms with E-state index in [1.165, 1.54) is 7.11 Å². The van der Waals surface area contributed by atoms with Crippen molar-refractivity contribution in [2.45, 2.75) is 18.5 Å². The van der Waals surface area contributed by atoms with Crippen LogP contribution in [0.1, 0.15) is 40.3 Å². The number of nitrogens with zero attached hydrogens (tertiary/aromatic N) is 2. The number of carbonyl (C=O) groups is 2. The van der Waals surface area contributed by atoms with Crippen LogP contribution in [0.5, 0.6) is 5.75 Å². The molecule has 0 bridgehead atoms. The zero-order valence-corrected chi connectivity index (χ0v) is 22.8. The Hall–Kier alpha value is -4.70. The van der Waals surface area contributed by atoms with Crippen molar-refractivity contribution in [1.29, 1.82) is 0 Å². The van der Waals surface area contributed by atoms with Gasteiger partial charge in [-0.1, -0.05) is 36.4 Å². The normalized spacial score (nSPS) is 16.4. The predicted octanol–water partition coefficient (Wildman–Crippen LogP) is 5.14. The van der Waals surface area contributed by atoms with Crippen LogP contribution in [0.4, 0.5) is 5.69 Å². The van der Waals surface area contributed by atoms with E-state index in [0.29, 0.717) is 45.7 Å². The van der Waals surface area contributed by atoms with Crippen LogP contribution < -0.4 is 15.4 Å². The molecule has 0 spiro atoms. The number of anilines is 1. The monoisotopic (exact) mass is 556 g/mol. The van der Waals surface area contributed by atoms with Gasteiger partial charge in [0.2, 0.25) is 5.91 Å². The molecule has 1 aliphatic rings. The summed E-state index contributed by atoms with van der Waals surface area (Å²) in [5, 5.41) is 6.75. The molecule has 1 amide bonds. The molecule has 9 nitrogen and oxygen atoms in total. The molecule has 1 fully saturated rings. The van der Waals surface area contributed by atoms with E-state index >= 15 is 0 Å². The van der Waals surface area contributed by atoms with Crippen molar-refractivity contribution in [2.75, 3.05) is 26.1 Å². The number of methoxy groups -OCH3 is 2. The number of thiocarbonyl (C=S) groups is 1. The van der Waals surface area contributed by atoms with Gasteiger partial charge in [0.15, 0.2) is 5.11 Å². The van der Waals surface area contributed by atoms with Gasteiger partial charge in [0.25, 0.3) is 0 Å². The Bertz CT molecular complexity index is 1520. The minimum absolute atomic E-state index is 0.171. The lowest BCUT2D eigenvalue weighted by Gasteiger charge is -2.26. The second kappa shape index (κ2) is 12.0.